The van der Waals surface area contributed by atoms with E-state index in [2.05, 4.69) is 16.0 Å². The molecule has 2 rings (SSSR count). The summed E-state index contributed by atoms with van der Waals surface area (Å²) in [5, 5.41) is 8.26. The Hall–Kier alpha value is -2.16. The Morgan fingerprint density at radius 3 is 2.54 bits per heavy atom. The number of morpholine rings is 1. The van der Waals surface area contributed by atoms with E-state index < -0.39 is 17.9 Å². The molecule has 1 aliphatic rings. The Bertz CT molecular complexity index is 594. The maximum Gasteiger partial charge on any atom is 0.251 e. The van der Waals surface area contributed by atoms with Crippen molar-refractivity contribution in [2.75, 3.05) is 25.0 Å². The van der Waals surface area contributed by atoms with Crippen LogP contribution >= 0.6 is 12.4 Å². The summed E-state index contributed by atoms with van der Waals surface area (Å²) < 4.78 is 5.43. The highest BCUT2D eigenvalue weighted by atomic mass is 35.5. The predicted molar refractivity (Wildman–Crippen MR) is 91.1 cm³/mol. The second-order valence-electron chi connectivity index (χ2n) is 5.22. The lowest BCUT2D eigenvalue weighted by Crippen LogP contribution is -2.53. The number of halogens is 1. The van der Waals surface area contributed by atoms with Crippen LogP contribution < -0.4 is 21.7 Å². The molecule has 0 saturated carbocycles. The van der Waals surface area contributed by atoms with E-state index in [-0.39, 0.29) is 31.0 Å². The Labute approximate surface area is 145 Å². The molecule has 132 valence electrons. The molecule has 1 aliphatic heterocycles. The Balaban J connectivity index is 0.00000288. The van der Waals surface area contributed by atoms with Crippen molar-refractivity contribution in [2.24, 2.45) is 5.73 Å². The molecule has 5 N–H and O–H groups in total. The van der Waals surface area contributed by atoms with Gasteiger partial charge in [0.25, 0.3) is 5.91 Å². The van der Waals surface area contributed by atoms with Crippen LogP contribution in [0.2, 0.25) is 0 Å². The highest BCUT2D eigenvalue weighted by molar-refractivity contribution is 5.98. The first-order valence-corrected chi connectivity index (χ1v) is 7.30. The fourth-order valence-electron chi connectivity index (χ4n) is 2.22. The maximum absolute atomic E-state index is 12.2. The molecule has 0 aliphatic carbocycles. The van der Waals surface area contributed by atoms with Gasteiger partial charge in [-0.05, 0) is 31.2 Å². The molecule has 0 bridgehead atoms. The van der Waals surface area contributed by atoms with Crippen molar-refractivity contribution in [2.45, 2.75) is 19.1 Å². The summed E-state index contributed by atoms with van der Waals surface area (Å²) in [6, 6.07) is 5.93. The lowest BCUT2D eigenvalue weighted by Gasteiger charge is -2.29. The molecule has 3 amide bonds. The van der Waals surface area contributed by atoms with Crippen LogP contribution in [-0.2, 0) is 14.3 Å². The number of rotatable bonds is 5. The molecule has 9 heteroatoms. The maximum atomic E-state index is 12.2. The summed E-state index contributed by atoms with van der Waals surface area (Å²) in [5.41, 5.74) is 5.90. The smallest absolute Gasteiger partial charge is 0.251 e. The average Bonchev–Trinajstić information content (AvgIpc) is 2.53. The third-order valence-corrected chi connectivity index (χ3v) is 3.44. The normalized spacial score (nSPS) is 19.7. The van der Waals surface area contributed by atoms with Gasteiger partial charge in [-0.3, -0.25) is 14.4 Å². The van der Waals surface area contributed by atoms with Crippen LogP contribution in [0.15, 0.2) is 24.3 Å². The van der Waals surface area contributed by atoms with Gasteiger partial charge in [-0.2, -0.15) is 0 Å². The van der Waals surface area contributed by atoms with Gasteiger partial charge in [-0.25, -0.2) is 0 Å². The van der Waals surface area contributed by atoms with Crippen LogP contribution in [0.3, 0.4) is 0 Å². The Morgan fingerprint density at radius 2 is 1.96 bits per heavy atom. The number of hydrogen-bond donors (Lipinski definition) is 4. The molecule has 8 nitrogen and oxygen atoms in total. The fourth-order valence-corrected chi connectivity index (χ4v) is 2.22. The molecule has 0 aromatic heterocycles. The molecule has 0 unspecified atom stereocenters. The monoisotopic (exact) mass is 356 g/mol. The summed E-state index contributed by atoms with van der Waals surface area (Å²) in [4.78, 5) is 34.6. The molecule has 0 radical (unpaired) electrons. The first-order valence-electron chi connectivity index (χ1n) is 7.30. The van der Waals surface area contributed by atoms with Gasteiger partial charge < -0.3 is 26.4 Å². The van der Waals surface area contributed by atoms with Crippen LogP contribution in [0.1, 0.15) is 17.3 Å². The SMILES string of the molecule is C[C@H]1OCCN[C@@H]1C(=O)Nc1ccc(C(=O)NCC(N)=O)cc1.Cl. The van der Waals surface area contributed by atoms with Gasteiger partial charge in [0.2, 0.25) is 11.8 Å². The Morgan fingerprint density at radius 1 is 1.29 bits per heavy atom. The van der Waals surface area contributed by atoms with E-state index in [4.69, 9.17) is 10.5 Å². The number of carbonyl (C=O) groups is 3. The zero-order chi connectivity index (χ0) is 16.8. The standard InChI is InChI=1S/C15H20N4O4.ClH/c1-9-13(17-6-7-23-9)15(22)19-11-4-2-10(3-5-11)14(21)18-8-12(16)20;/h2-5,9,13,17H,6-8H2,1H3,(H2,16,20)(H,18,21)(H,19,22);1H/t9-,13+;/m1./s1. The number of nitrogens with two attached hydrogens (primary N) is 1. The van der Waals surface area contributed by atoms with Gasteiger partial charge in [-0.1, -0.05) is 0 Å². The number of primary amides is 1. The topological polar surface area (TPSA) is 123 Å². The van der Waals surface area contributed by atoms with Crippen molar-refractivity contribution in [3.05, 3.63) is 29.8 Å². The van der Waals surface area contributed by atoms with Crippen LogP contribution in [0, 0.1) is 0 Å². The third kappa shape index (κ3) is 5.48. The van der Waals surface area contributed by atoms with Gasteiger partial charge in [-0.15, -0.1) is 12.4 Å². The van der Waals surface area contributed by atoms with Crippen molar-refractivity contribution in [3.8, 4) is 0 Å². The quantitative estimate of drug-likeness (QED) is 0.573. The van der Waals surface area contributed by atoms with E-state index in [1.807, 2.05) is 6.92 Å². The van der Waals surface area contributed by atoms with Crippen molar-refractivity contribution >= 4 is 35.8 Å². The minimum atomic E-state index is -0.612. The molecule has 1 saturated heterocycles. The number of hydrogen-bond acceptors (Lipinski definition) is 5. The molecular formula is C15H21ClN4O4. The van der Waals surface area contributed by atoms with Crippen molar-refractivity contribution in [1.82, 2.24) is 10.6 Å². The molecule has 1 heterocycles. The van der Waals surface area contributed by atoms with E-state index in [0.29, 0.717) is 24.4 Å². The molecule has 1 aromatic carbocycles. The van der Waals surface area contributed by atoms with Crippen LogP contribution in [0.4, 0.5) is 5.69 Å². The van der Waals surface area contributed by atoms with E-state index >= 15 is 0 Å². The van der Waals surface area contributed by atoms with Gasteiger partial charge in [0.1, 0.15) is 6.04 Å². The number of amides is 3. The second kappa shape index (κ2) is 9.21. The van der Waals surface area contributed by atoms with E-state index in [1.165, 1.54) is 0 Å². The van der Waals surface area contributed by atoms with E-state index in [1.54, 1.807) is 24.3 Å². The van der Waals surface area contributed by atoms with Crippen LogP contribution in [0.25, 0.3) is 0 Å². The average molecular weight is 357 g/mol. The summed E-state index contributed by atoms with van der Waals surface area (Å²) in [6.07, 6.45) is -0.206. The van der Waals surface area contributed by atoms with Crippen molar-refractivity contribution in [3.63, 3.8) is 0 Å². The highest BCUT2D eigenvalue weighted by Crippen LogP contribution is 2.12. The highest BCUT2D eigenvalue weighted by Gasteiger charge is 2.28. The minimum Gasteiger partial charge on any atom is -0.375 e. The molecular weight excluding hydrogens is 336 g/mol. The number of carbonyl (C=O) groups excluding carboxylic acids is 3. The second-order valence-corrected chi connectivity index (χ2v) is 5.22. The fraction of sp³-hybridized carbons (Fsp3) is 0.400. The summed E-state index contributed by atoms with van der Waals surface area (Å²) in [5.74, 6) is -1.21. The first-order chi connectivity index (χ1) is 11.0. The first kappa shape index (κ1) is 19.9. The largest absolute Gasteiger partial charge is 0.375 e. The Kier molecular flexibility index (Phi) is 7.63. The third-order valence-electron chi connectivity index (χ3n) is 3.44. The molecule has 1 aromatic rings. The number of nitrogens with one attached hydrogen (secondary N) is 3. The lowest BCUT2D eigenvalue weighted by molar-refractivity contribution is -0.123. The molecule has 2 atom stereocenters. The van der Waals surface area contributed by atoms with E-state index in [9.17, 15) is 14.4 Å². The zero-order valence-corrected chi connectivity index (χ0v) is 14.0. The number of anilines is 1. The zero-order valence-electron chi connectivity index (χ0n) is 13.2. The van der Waals surface area contributed by atoms with Crippen LogP contribution in [0.5, 0.6) is 0 Å². The predicted octanol–water partition coefficient (Wildman–Crippen LogP) is -0.361. The summed E-state index contributed by atoms with van der Waals surface area (Å²) in [7, 11) is 0. The van der Waals surface area contributed by atoms with E-state index in [0.717, 1.165) is 0 Å². The number of benzene rings is 1. The van der Waals surface area contributed by atoms with Crippen molar-refractivity contribution < 1.29 is 19.1 Å². The lowest BCUT2D eigenvalue weighted by atomic mass is 10.1. The summed E-state index contributed by atoms with van der Waals surface area (Å²) in [6.45, 7) is 2.83. The van der Waals surface area contributed by atoms with Crippen LogP contribution in [-0.4, -0.2) is 49.6 Å². The van der Waals surface area contributed by atoms with Crippen molar-refractivity contribution in [1.29, 1.82) is 0 Å². The summed E-state index contributed by atoms with van der Waals surface area (Å²) >= 11 is 0. The minimum absolute atomic E-state index is 0. The van der Waals surface area contributed by atoms with Gasteiger partial charge >= 0.3 is 0 Å². The number of ether oxygens (including phenoxy) is 1. The van der Waals surface area contributed by atoms with Gasteiger partial charge in [0.05, 0.1) is 19.3 Å². The molecule has 24 heavy (non-hydrogen) atoms. The van der Waals surface area contributed by atoms with Gasteiger partial charge in [0.15, 0.2) is 0 Å². The molecule has 0 spiro atoms. The molecule has 1 fully saturated rings. The van der Waals surface area contributed by atoms with Gasteiger partial charge in [0, 0.05) is 17.8 Å².